The van der Waals surface area contributed by atoms with Crippen LogP contribution >= 0.6 is 23.2 Å². The Bertz CT molecular complexity index is 1220. The molecule has 1 aliphatic heterocycles. The van der Waals surface area contributed by atoms with Crippen LogP contribution in [-0.4, -0.2) is 22.0 Å². The lowest BCUT2D eigenvalue weighted by atomic mass is 10.1. The van der Waals surface area contributed by atoms with E-state index in [9.17, 15) is 14.4 Å². The molecule has 0 spiro atoms. The summed E-state index contributed by atoms with van der Waals surface area (Å²) in [6.07, 6.45) is 2.32. The molecular formula is C22H15Cl2N3O3. The van der Waals surface area contributed by atoms with Gasteiger partial charge in [-0.05, 0) is 54.7 Å². The van der Waals surface area contributed by atoms with Crippen molar-refractivity contribution in [3.63, 3.8) is 0 Å². The maximum Gasteiger partial charge on any atom is 0.267 e. The minimum Gasteiger partial charge on any atom is -0.268 e. The molecular weight excluding hydrogens is 425 g/mol. The minimum atomic E-state index is -0.410. The van der Waals surface area contributed by atoms with E-state index in [1.54, 1.807) is 42.5 Å². The third kappa shape index (κ3) is 3.13. The standard InChI is InChI=1S/C22H15Cl2N3O3/c23-18-9-13(27-21(29)14-3-1-2-4-15(14)22(27)30)10-19(24)17(18)8-12-7-16(11-5-6-11)20(28)26-25-12/h1-4,7,9-11H,5-6,8H2,(H,26,28). The van der Waals surface area contributed by atoms with E-state index in [-0.39, 0.29) is 11.5 Å². The van der Waals surface area contributed by atoms with Gasteiger partial charge in [0.25, 0.3) is 17.4 Å². The highest BCUT2D eigenvalue weighted by molar-refractivity contribution is 6.38. The molecule has 6 nitrogen and oxygen atoms in total. The predicted octanol–water partition coefficient (Wildman–Crippen LogP) is 4.35. The van der Waals surface area contributed by atoms with Crippen molar-refractivity contribution in [2.75, 3.05) is 4.90 Å². The average Bonchev–Trinajstić information content (AvgIpc) is 3.53. The Labute approximate surface area is 181 Å². The Hall–Kier alpha value is -2.96. The number of H-pyrrole nitrogens is 1. The Morgan fingerprint density at radius 3 is 2.13 bits per heavy atom. The lowest BCUT2D eigenvalue weighted by Crippen LogP contribution is -2.29. The van der Waals surface area contributed by atoms with Gasteiger partial charge in [-0.1, -0.05) is 35.3 Å². The number of carbonyl (C=O) groups excluding carboxylic acids is 2. The Morgan fingerprint density at radius 2 is 1.57 bits per heavy atom. The topological polar surface area (TPSA) is 83.1 Å². The normalized spacial score (nSPS) is 15.6. The Kier molecular flexibility index (Phi) is 4.49. The van der Waals surface area contributed by atoms with Crippen molar-refractivity contribution in [1.29, 1.82) is 0 Å². The maximum absolute atomic E-state index is 12.7. The number of halogens is 2. The summed E-state index contributed by atoms with van der Waals surface area (Å²) < 4.78 is 0. The number of carbonyl (C=O) groups is 2. The molecule has 2 amide bonds. The summed E-state index contributed by atoms with van der Waals surface area (Å²) in [5.74, 6) is -0.531. The average molecular weight is 440 g/mol. The van der Waals surface area contributed by atoms with Gasteiger partial charge in [0.15, 0.2) is 0 Å². The Balaban J connectivity index is 1.48. The summed E-state index contributed by atoms with van der Waals surface area (Å²) >= 11 is 13.0. The minimum absolute atomic E-state index is 0.167. The second kappa shape index (κ2) is 7.07. The first-order valence-corrected chi connectivity index (χ1v) is 10.2. The molecule has 1 saturated carbocycles. The highest BCUT2D eigenvalue weighted by atomic mass is 35.5. The summed E-state index contributed by atoms with van der Waals surface area (Å²) in [6, 6.07) is 11.6. The molecule has 30 heavy (non-hydrogen) atoms. The molecule has 0 bridgehead atoms. The molecule has 2 aromatic carbocycles. The van der Waals surface area contributed by atoms with E-state index in [0.717, 1.165) is 23.3 Å². The van der Waals surface area contributed by atoms with Crippen molar-refractivity contribution in [3.8, 4) is 0 Å². The first-order valence-electron chi connectivity index (χ1n) is 9.48. The Morgan fingerprint density at radius 1 is 0.967 bits per heavy atom. The fourth-order valence-electron chi connectivity index (χ4n) is 3.75. The van der Waals surface area contributed by atoms with E-state index in [2.05, 4.69) is 10.2 Å². The van der Waals surface area contributed by atoms with E-state index < -0.39 is 11.8 Å². The van der Waals surface area contributed by atoms with Gasteiger partial charge >= 0.3 is 0 Å². The number of amides is 2. The summed E-state index contributed by atoms with van der Waals surface area (Å²) in [6.45, 7) is 0. The predicted molar refractivity (Wildman–Crippen MR) is 114 cm³/mol. The van der Waals surface area contributed by atoms with Gasteiger partial charge in [-0.25, -0.2) is 10.00 Å². The van der Waals surface area contributed by atoms with E-state index in [4.69, 9.17) is 23.2 Å². The van der Waals surface area contributed by atoms with Gasteiger partial charge in [-0.15, -0.1) is 0 Å². The fraction of sp³-hybridized carbons (Fsp3) is 0.182. The number of nitrogens with one attached hydrogen (secondary N) is 1. The van der Waals surface area contributed by atoms with E-state index in [1.165, 1.54) is 0 Å². The number of nitrogens with zero attached hydrogens (tertiary/aromatic N) is 2. The van der Waals surface area contributed by atoms with Crippen molar-refractivity contribution in [2.45, 2.75) is 25.2 Å². The van der Waals surface area contributed by atoms with Crippen molar-refractivity contribution >= 4 is 40.7 Å². The van der Waals surface area contributed by atoms with Gasteiger partial charge in [0, 0.05) is 22.0 Å². The number of fused-ring (bicyclic) bond motifs is 1. The van der Waals surface area contributed by atoms with Crippen molar-refractivity contribution in [3.05, 3.63) is 90.8 Å². The first kappa shape index (κ1) is 19.0. The van der Waals surface area contributed by atoms with Crippen LogP contribution in [0.4, 0.5) is 5.69 Å². The van der Waals surface area contributed by atoms with E-state index >= 15 is 0 Å². The van der Waals surface area contributed by atoms with Gasteiger partial charge in [-0.2, -0.15) is 5.10 Å². The molecule has 150 valence electrons. The lowest BCUT2D eigenvalue weighted by Gasteiger charge is -2.17. The number of benzene rings is 2. The molecule has 3 aromatic rings. The van der Waals surface area contributed by atoms with Crippen LogP contribution in [0.15, 0.2) is 47.3 Å². The number of hydrogen-bond donors (Lipinski definition) is 1. The van der Waals surface area contributed by atoms with E-state index in [0.29, 0.717) is 44.5 Å². The highest BCUT2D eigenvalue weighted by Crippen LogP contribution is 2.39. The van der Waals surface area contributed by atoms with Crippen molar-refractivity contribution in [1.82, 2.24) is 10.2 Å². The van der Waals surface area contributed by atoms with Crippen LogP contribution in [0.5, 0.6) is 0 Å². The first-order chi connectivity index (χ1) is 14.4. The van der Waals surface area contributed by atoms with Gasteiger partial charge in [0.05, 0.1) is 22.5 Å². The van der Waals surface area contributed by atoms with Crippen LogP contribution in [0.25, 0.3) is 0 Å². The largest absolute Gasteiger partial charge is 0.268 e. The van der Waals surface area contributed by atoms with Crippen LogP contribution in [0.1, 0.15) is 56.3 Å². The highest BCUT2D eigenvalue weighted by Gasteiger charge is 2.36. The molecule has 0 saturated heterocycles. The maximum atomic E-state index is 12.7. The van der Waals surface area contributed by atoms with Gasteiger partial charge in [0.2, 0.25) is 0 Å². The summed E-state index contributed by atoms with van der Waals surface area (Å²) in [4.78, 5) is 38.5. The molecule has 2 heterocycles. The molecule has 8 heteroatoms. The zero-order valence-corrected chi connectivity index (χ0v) is 17.1. The summed E-state index contributed by atoms with van der Waals surface area (Å²) in [7, 11) is 0. The van der Waals surface area contributed by atoms with Gasteiger partial charge < -0.3 is 0 Å². The number of aromatic amines is 1. The van der Waals surface area contributed by atoms with Crippen molar-refractivity contribution in [2.24, 2.45) is 0 Å². The third-order valence-corrected chi connectivity index (χ3v) is 6.11. The number of rotatable bonds is 4. The monoisotopic (exact) mass is 439 g/mol. The molecule has 1 aliphatic carbocycles. The SMILES string of the molecule is O=C1c2ccccc2C(=O)N1c1cc(Cl)c(Cc2cc(C3CC3)c(=O)[nH]n2)c(Cl)c1. The molecule has 1 fully saturated rings. The van der Waals surface area contributed by atoms with Gasteiger partial charge in [0.1, 0.15) is 0 Å². The van der Waals surface area contributed by atoms with Gasteiger partial charge in [-0.3, -0.25) is 14.4 Å². The zero-order valence-electron chi connectivity index (χ0n) is 15.6. The van der Waals surface area contributed by atoms with Crippen LogP contribution < -0.4 is 10.5 Å². The zero-order chi connectivity index (χ0) is 21.0. The van der Waals surface area contributed by atoms with Crippen LogP contribution in [0.3, 0.4) is 0 Å². The van der Waals surface area contributed by atoms with E-state index in [1.807, 2.05) is 0 Å². The summed E-state index contributed by atoms with van der Waals surface area (Å²) in [5.41, 5.74) is 2.84. The third-order valence-electron chi connectivity index (χ3n) is 5.44. The van der Waals surface area contributed by atoms with Crippen LogP contribution in [0, 0.1) is 0 Å². The lowest BCUT2D eigenvalue weighted by molar-refractivity contribution is 0.0926. The number of anilines is 1. The molecule has 0 radical (unpaired) electrons. The molecule has 0 unspecified atom stereocenters. The fourth-order valence-corrected chi connectivity index (χ4v) is 4.35. The second-order valence-corrected chi connectivity index (χ2v) is 8.29. The number of aromatic nitrogens is 2. The summed E-state index contributed by atoms with van der Waals surface area (Å²) in [5, 5.41) is 7.27. The second-order valence-electron chi connectivity index (χ2n) is 7.47. The van der Waals surface area contributed by atoms with Crippen molar-refractivity contribution < 1.29 is 9.59 Å². The molecule has 5 rings (SSSR count). The molecule has 2 aliphatic rings. The van der Waals surface area contributed by atoms with Crippen LogP contribution in [-0.2, 0) is 6.42 Å². The number of hydrogen-bond acceptors (Lipinski definition) is 4. The number of imide groups is 1. The van der Waals surface area contributed by atoms with Crippen LogP contribution in [0.2, 0.25) is 10.0 Å². The smallest absolute Gasteiger partial charge is 0.267 e. The quantitative estimate of drug-likeness (QED) is 0.612. The molecule has 1 N–H and O–H groups in total. The molecule has 0 atom stereocenters. The molecule has 1 aromatic heterocycles.